The zero-order chi connectivity index (χ0) is 13.8. The summed E-state index contributed by atoms with van der Waals surface area (Å²) >= 11 is 0. The van der Waals surface area contributed by atoms with Crippen LogP contribution in [0.15, 0.2) is 24.3 Å². The Bertz CT molecular complexity index is 435. The Balaban J connectivity index is 2.12. The third-order valence-corrected chi connectivity index (χ3v) is 3.50. The van der Waals surface area contributed by atoms with Crippen LogP contribution in [0.2, 0.25) is 0 Å². The molecule has 1 heterocycles. The van der Waals surface area contributed by atoms with Gasteiger partial charge in [0.2, 0.25) is 0 Å². The quantitative estimate of drug-likeness (QED) is 0.851. The van der Waals surface area contributed by atoms with Gasteiger partial charge < -0.3 is 16.0 Å². The molecule has 104 valence electrons. The Morgan fingerprint density at radius 3 is 2.74 bits per heavy atom. The fraction of sp³-hybridized carbons (Fsp3) is 0.500. The molecule has 1 aliphatic heterocycles. The van der Waals surface area contributed by atoms with Crippen molar-refractivity contribution < 1.29 is 9.18 Å². The maximum Gasteiger partial charge on any atom is 0.254 e. The SMILES string of the molecule is CNC[C@@H]1C[C@H](F)CN1C(=O)c1ccc(CN)cc1. The number of benzene rings is 1. The molecule has 3 N–H and O–H groups in total. The fourth-order valence-corrected chi connectivity index (χ4v) is 2.49. The van der Waals surface area contributed by atoms with E-state index in [1.54, 1.807) is 17.0 Å². The number of nitrogens with one attached hydrogen (secondary N) is 1. The van der Waals surface area contributed by atoms with E-state index in [1.165, 1.54) is 0 Å². The number of likely N-dealkylation sites (tertiary alicyclic amines) is 1. The zero-order valence-electron chi connectivity index (χ0n) is 11.1. The molecule has 1 saturated heterocycles. The summed E-state index contributed by atoms with van der Waals surface area (Å²) in [5.41, 5.74) is 7.09. The standard InChI is InChI=1S/C14H20FN3O/c1-17-8-13-6-12(15)9-18(13)14(19)11-4-2-10(7-16)3-5-11/h2-5,12-13,17H,6-9,16H2,1H3/t12-,13-/m0/s1. The summed E-state index contributed by atoms with van der Waals surface area (Å²) in [5.74, 6) is -0.107. The minimum absolute atomic E-state index is 0.0679. The molecule has 5 heteroatoms. The predicted octanol–water partition coefficient (Wildman–Crippen LogP) is 0.917. The molecule has 0 bridgehead atoms. The molecule has 4 nitrogen and oxygen atoms in total. The van der Waals surface area contributed by atoms with Crippen molar-refractivity contribution in [2.75, 3.05) is 20.1 Å². The molecular formula is C14H20FN3O. The van der Waals surface area contributed by atoms with E-state index in [1.807, 2.05) is 19.2 Å². The molecule has 0 radical (unpaired) electrons. The van der Waals surface area contributed by atoms with Gasteiger partial charge in [-0.05, 0) is 24.7 Å². The van der Waals surface area contributed by atoms with Crippen LogP contribution in [0.25, 0.3) is 0 Å². The third-order valence-electron chi connectivity index (χ3n) is 3.50. The Morgan fingerprint density at radius 2 is 2.16 bits per heavy atom. The first-order valence-corrected chi connectivity index (χ1v) is 6.54. The molecule has 1 aromatic rings. The molecule has 19 heavy (non-hydrogen) atoms. The summed E-state index contributed by atoms with van der Waals surface area (Å²) in [6.07, 6.45) is -0.515. The number of amides is 1. The Labute approximate surface area is 112 Å². The van der Waals surface area contributed by atoms with Crippen LogP contribution in [-0.4, -0.2) is 43.2 Å². The van der Waals surface area contributed by atoms with Gasteiger partial charge in [-0.2, -0.15) is 0 Å². The predicted molar refractivity (Wildman–Crippen MR) is 72.6 cm³/mol. The van der Waals surface area contributed by atoms with Crippen molar-refractivity contribution in [1.82, 2.24) is 10.2 Å². The monoisotopic (exact) mass is 265 g/mol. The van der Waals surface area contributed by atoms with Gasteiger partial charge in [-0.15, -0.1) is 0 Å². The van der Waals surface area contributed by atoms with Crippen molar-refractivity contribution in [2.24, 2.45) is 5.73 Å². The first-order valence-electron chi connectivity index (χ1n) is 6.54. The zero-order valence-corrected chi connectivity index (χ0v) is 11.1. The van der Waals surface area contributed by atoms with Crippen LogP contribution < -0.4 is 11.1 Å². The van der Waals surface area contributed by atoms with Crippen LogP contribution in [0.3, 0.4) is 0 Å². The van der Waals surface area contributed by atoms with Crippen molar-refractivity contribution in [3.05, 3.63) is 35.4 Å². The average Bonchev–Trinajstić information content (AvgIpc) is 2.79. The van der Waals surface area contributed by atoms with E-state index >= 15 is 0 Å². The lowest BCUT2D eigenvalue weighted by Crippen LogP contribution is -2.40. The van der Waals surface area contributed by atoms with Gasteiger partial charge in [0.15, 0.2) is 0 Å². The number of nitrogens with zero attached hydrogens (tertiary/aromatic N) is 1. The number of likely N-dealkylation sites (N-methyl/N-ethyl adjacent to an activating group) is 1. The second-order valence-electron chi connectivity index (χ2n) is 4.90. The molecule has 0 saturated carbocycles. The van der Waals surface area contributed by atoms with E-state index in [0.29, 0.717) is 25.1 Å². The lowest BCUT2D eigenvalue weighted by molar-refractivity contribution is 0.0730. The summed E-state index contributed by atoms with van der Waals surface area (Å²) in [5, 5.41) is 3.01. The minimum Gasteiger partial charge on any atom is -0.331 e. The highest BCUT2D eigenvalue weighted by atomic mass is 19.1. The largest absolute Gasteiger partial charge is 0.331 e. The number of halogens is 1. The third kappa shape index (κ3) is 3.11. The van der Waals surface area contributed by atoms with E-state index in [-0.39, 0.29) is 18.5 Å². The van der Waals surface area contributed by atoms with Crippen molar-refractivity contribution >= 4 is 5.91 Å². The molecule has 1 fully saturated rings. The van der Waals surface area contributed by atoms with E-state index in [0.717, 1.165) is 5.56 Å². The topological polar surface area (TPSA) is 58.4 Å². The van der Waals surface area contributed by atoms with Crippen LogP contribution in [0.5, 0.6) is 0 Å². The highest BCUT2D eigenvalue weighted by Gasteiger charge is 2.35. The van der Waals surface area contributed by atoms with Crippen molar-refractivity contribution in [3.8, 4) is 0 Å². The van der Waals surface area contributed by atoms with E-state index in [9.17, 15) is 9.18 Å². The number of carbonyl (C=O) groups is 1. The van der Waals surface area contributed by atoms with Gasteiger partial charge in [0.25, 0.3) is 5.91 Å². The van der Waals surface area contributed by atoms with Crippen LogP contribution in [-0.2, 0) is 6.54 Å². The molecule has 0 spiro atoms. The van der Waals surface area contributed by atoms with Gasteiger partial charge in [-0.1, -0.05) is 12.1 Å². The Morgan fingerprint density at radius 1 is 1.47 bits per heavy atom. The minimum atomic E-state index is -0.925. The summed E-state index contributed by atoms with van der Waals surface area (Å²) in [6, 6.07) is 7.12. The van der Waals surface area contributed by atoms with E-state index < -0.39 is 6.17 Å². The molecule has 1 amide bonds. The molecule has 1 aliphatic rings. The molecule has 2 rings (SSSR count). The number of alkyl halides is 1. The van der Waals surface area contributed by atoms with Gasteiger partial charge in [0.1, 0.15) is 6.17 Å². The average molecular weight is 265 g/mol. The molecule has 2 atom stereocenters. The molecular weight excluding hydrogens is 245 g/mol. The van der Waals surface area contributed by atoms with Gasteiger partial charge in [-0.25, -0.2) is 4.39 Å². The number of carbonyl (C=O) groups excluding carboxylic acids is 1. The van der Waals surface area contributed by atoms with Crippen molar-refractivity contribution in [2.45, 2.75) is 25.2 Å². The van der Waals surface area contributed by atoms with Crippen molar-refractivity contribution in [3.63, 3.8) is 0 Å². The second kappa shape index (κ2) is 6.12. The number of nitrogens with two attached hydrogens (primary N) is 1. The normalized spacial score (nSPS) is 22.8. The van der Waals surface area contributed by atoms with Crippen LogP contribution >= 0.6 is 0 Å². The molecule has 0 aromatic heterocycles. The molecule has 0 unspecified atom stereocenters. The number of hydrogen-bond donors (Lipinski definition) is 2. The van der Waals surface area contributed by atoms with Gasteiger partial charge in [-0.3, -0.25) is 4.79 Å². The molecule has 1 aromatic carbocycles. The lowest BCUT2D eigenvalue weighted by Gasteiger charge is -2.24. The first-order chi connectivity index (χ1) is 9.15. The van der Waals surface area contributed by atoms with Crippen molar-refractivity contribution in [1.29, 1.82) is 0 Å². The smallest absolute Gasteiger partial charge is 0.254 e. The number of rotatable bonds is 4. The first kappa shape index (κ1) is 14.0. The van der Waals surface area contributed by atoms with Crippen LogP contribution in [0.1, 0.15) is 22.3 Å². The second-order valence-corrected chi connectivity index (χ2v) is 4.90. The summed E-state index contributed by atoms with van der Waals surface area (Å²) in [7, 11) is 1.81. The summed E-state index contributed by atoms with van der Waals surface area (Å²) in [6.45, 7) is 1.25. The van der Waals surface area contributed by atoms with Gasteiger partial charge >= 0.3 is 0 Å². The Hall–Kier alpha value is -1.46. The summed E-state index contributed by atoms with van der Waals surface area (Å²) in [4.78, 5) is 14.0. The number of hydrogen-bond acceptors (Lipinski definition) is 3. The van der Waals surface area contributed by atoms with Crippen LogP contribution in [0, 0.1) is 0 Å². The maximum absolute atomic E-state index is 13.5. The fourth-order valence-electron chi connectivity index (χ4n) is 2.49. The molecule has 0 aliphatic carbocycles. The van der Waals surface area contributed by atoms with E-state index in [4.69, 9.17) is 5.73 Å². The maximum atomic E-state index is 13.5. The van der Waals surface area contributed by atoms with Gasteiger partial charge in [0.05, 0.1) is 6.54 Å². The van der Waals surface area contributed by atoms with Crippen LogP contribution in [0.4, 0.5) is 4.39 Å². The lowest BCUT2D eigenvalue weighted by atomic mass is 10.1. The summed E-state index contributed by atoms with van der Waals surface area (Å²) < 4.78 is 13.5. The van der Waals surface area contributed by atoms with E-state index in [2.05, 4.69) is 5.32 Å². The Kier molecular flexibility index (Phi) is 4.50. The highest BCUT2D eigenvalue weighted by Crippen LogP contribution is 2.22. The highest BCUT2D eigenvalue weighted by molar-refractivity contribution is 5.94. The van der Waals surface area contributed by atoms with Gasteiger partial charge in [0, 0.05) is 31.1 Å².